The van der Waals surface area contributed by atoms with Gasteiger partial charge in [0.15, 0.2) is 5.78 Å². The Bertz CT molecular complexity index is 1120. The van der Waals surface area contributed by atoms with Crippen LogP contribution in [0, 0.1) is 10.1 Å². The number of benzene rings is 3. The minimum absolute atomic E-state index is 0.0251. The highest BCUT2D eigenvalue weighted by molar-refractivity contribution is 6.22. The molecule has 0 unspecified atom stereocenters. The van der Waals surface area contributed by atoms with Gasteiger partial charge in [0.05, 0.1) is 4.92 Å². The number of ketones is 1. The number of carbonyl (C=O) groups is 2. The second-order valence-corrected chi connectivity index (χ2v) is 6.62. The molecule has 0 saturated heterocycles. The topological polar surface area (TPSA) is 101 Å². The Balaban J connectivity index is 1.35. The zero-order chi connectivity index (χ0) is 20.4. The summed E-state index contributed by atoms with van der Waals surface area (Å²) < 4.78 is 0. The molecule has 2 N–H and O–H groups in total. The predicted octanol–water partition coefficient (Wildman–Crippen LogP) is 3.65. The van der Waals surface area contributed by atoms with Crippen LogP contribution in [0.15, 0.2) is 66.7 Å². The zero-order valence-corrected chi connectivity index (χ0v) is 15.3. The number of fused-ring (bicyclic) bond motifs is 3. The smallest absolute Gasteiger partial charge is 0.269 e. The lowest BCUT2D eigenvalue weighted by atomic mass is 10.0. The number of nitro benzene ring substituents is 1. The lowest BCUT2D eigenvalue weighted by Gasteiger charge is -2.09. The first-order valence-corrected chi connectivity index (χ1v) is 9.09. The normalized spacial score (nSPS) is 11.5. The molecule has 7 nitrogen and oxygen atoms in total. The van der Waals surface area contributed by atoms with Crippen molar-refractivity contribution in [1.82, 2.24) is 5.32 Å². The van der Waals surface area contributed by atoms with Crippen LogP contribution in [0.4, 0.5) is 11.4 Å². The quantitative estimate of drug-likeness (QED) is 0.299. The molecule has 3 aromatic carbocycles. The third-order valence-corrected chi connectivity index (χ3v) is 4.81. The SMILES string of the molecule is O=C(NCCNc1ccc([N+](=O)[O-])cc1)c1ccc2c(c1)C(=O)c1ccccc1-2. The van der Waals surface area contributed by atoms with Crippen LogP contribution >= 0.6 is 0 Å². The van der Waals surface area contributed by atoms with Crippen LogP contribution in [0.5, 0.6) is 0 Å². The van der Waals surface area contributed by atoms with E-state index in [4.69, 9.17) is 0 Å². The molecule has 0 aliphatic heterocycles. The number of nitrogens with one attached hydrogen (secondary N) is 2. The number of non-ortho nitro benzene ring substituents is 1. The second kappa shape index (κ2) is 7.55. The Labute approximate surface area is 166 Å². The molecule has 0 radical (unpaired) electrons. The molecule has 0 fully saturated rings. The fourth-order valence-corrected chi connectivity index (χ4v) is 3.36. The van der Waals surface area contributed by atoms with Crippen LogP contribution in [0.2, 0.25) is 0 Å². The first-order chi connectivity index (χ1) is 14.0. The monoisotopic (exact) mass is 387 g/mol. The summed E-state index contributed by atoms with van der Waals surface area (Å²) in [7, 11) is 0. The van der Waals surface area contributed by atoms with Gasteiger partial charge in [-0.25, -0.2) is 0 Å². The molecule has 7 heteroatoms. The van der Waals surface area contributed by atoms with E-state index >= 15 is 0 Å². The molecule has 0 aromatic heterocycles. The van der Waals surface area contributed by atoms with Crippen molar-refractivity contribution in [3.63, 3.8) is 0 Å². The molecule has 0 atom stereocenters. The number of hydrogen-bond acceptors (Lipinski definition) is 5. The van der Waals surface area contributed by atoms with Gasteiger partial charge in [0.25, 0.3) is 11.6 Å². The van der Waals surface area contributed by atoms with Crippen molar-refractivity contribution in [3.8, 4) is 11.1 Å². The Morgan fingerprint density at radius 1 is 0.862 bits per heavy atom. The number of anilines is 1. The third-order valence-electron chi connectivity index (χ3n) is 4.81. The Morgan fingerprint density at radius 3 is 2.28 bits per heavy atom. The molecule has 1 aliphatic carbocycles. The zero-order valence-electron chi connectivity index (χ0n) is 15.3. The number of nitro groups is 1. The van der Waals surface area contributed by atoms with E-state index in [1.807, 2.05) is 24.3 Å². The van der Waals surface area contributed by atoms with E-state index in [9.17, 15) is 19.7 Å². The predicted molar refractivity (Wildman–Crippen MR) is 109 cm³/mol. The Morgan fingerprint density at radius 2 is 1.55 bits per heavy atom. The maximum absolute atomic E-state index is 12.6. The fourth-order valence-electron chi connectivity index (χ4n) is 3.36. The summed E-state index contributed by atoms with van der Waals surface area (Å²) >= 11 is 0. The third kappa shape index (κ3) is 3.58. The standard InChI is InChI=1S/C22H17N3O4/c26-21-19-4-2-1-3-17(19)18-10-5-14(13-20(18)21)22(27)24-12-11-23-15-6-8-16(9-7-15)25(28)29/h1-10,13,23H,11-12H2,(H,24,27). The van der Waals surface area contributed by atoms with E-state index in [-0.39, 0.29) is 17.4 Å². The Kier molecular flexibility index (Phi) is 4.78. The number of hydrogen-bond donors (Lipinski definition) is 2. The van der Waals surface area contributed by atoms with Gasteiger partial charge in [-0.1, -0.05) is 30.3 Å². The summed E-state index contributed by atoms with van der Waals surface area (Å²) in [5.74, 6) is -0.327. The molecule has 144 valence electrons. The van der Waals surface area contributed by atoms with Gasteiger partial charge in [-0.05, 0) is 35.4 Å². The van der Waals surface area contributed by atoms with Gasteiger partial charge in [0.1, 0.15) is 0 Å². The van der Waals surface area contributed by atoms with Gasteiger partial charge in [0.2, 0.25) is 0 Å². The van der Waals surface area contributed by atoms with E-state index in [1.165, 1.54) is 12.1 Å². The van der Waals surface area contributed by atoms with Gasteiger partial charge < -0.3 is 10.6 Å². The largest absolute Gasteiger partial charge is 0.383 e. The van der Waals surface area contributed by atoms with Gasteiger partial charge in [0, 0.05) is 47.6 Å². The average Bonchev–Trinajstić information content (AvgIpc) is 3.03. The van der Waals surface area contributed by atoms with E-state index in [2.05, 4.69) is 10.6 Å². The molecule has 3 aromatic rings. The average molecular weight is 387 g/mol. The molecule has 1 amide bonds. The fraction of sp³-hybridized carbons (Fsp3) is 0.0909. The van der Waals surface area contributed by atoms with Crippen molar-refractivity contribution in [3.05, 3.63) is 93.5 Å². The molecular formula is C22H17N3O4. The highest BCUT2D eigenvalue weighted by Crippen LogP contribution is 2.36. The molecule has 29 heavy (non-hydrogen) atoms. The van der Waals surface area contributed by atoms with Crippen molar-refractivity contribution < 1.29 is 14.5 Å². The molecular weight excluding hydrogens is 370 g/mol. The summed E-state index contributed by atoms with van der Waals surface area (Å²) in [5, 5.41) is 16.5. The second-order valence-electron chi connectivity index (χ2n) is 6.62. The van der Waals surface area contributed by atoms with E-state index in [0.717, 1.165) is 16.8 Å². The molecule has 0 saturated carbocycles. The lowest BCUT2D eigenvalue weighted by molar-refractivity contribution is -0.384. The van der Waals surface area contributed by atoms with Crippen LogP contribution in [-0.2, 0) is 0 Å². The van der Waals surface area contributed by atoms with Crippen molar-refractivity contribution >= 4 is 23.1 Å². The van der Waals surface area contributed by atoms with Crippen molar-refractivity contribution in [2.24, 2.45) is 0 Å². The highest BCUT2D eigenvalue weighted by Gasteiger charge is 2.26. The number of rotatable bonds is 6. The van der Waals surface area contributed by atoms with Crippen LogP contribution in [0.25, 0.3) is 11.1 Å². The first-order valence-electron chi connectivity index (χ1n) is 9.09. The molecule has 0 heterocycles. The van der Waals surface area contributed by atoms with E-state index in [0.29, 0.717) is 29.8 Å². The molecule has 4 rings (SSSR count). The van der Waals surface area contributed by atoms with Crippen molar-refractivity contribution in [2.75, 3.05) is 18.4 Å². The summed E-state index contributed by atoms with van der Waals surface area (Å²) in [5.41, 5.74) is 4.13. The molecule has 1 aliphatic rings. The highest BCUT2D eigenvalue weighted by atomic mass is 16.6. The number of carbonyl (C=O) groups excluding carboxylic acids is 2. The molecule has 0 spiro atoms. The summed E-state index contributed by atoms with van der Waals surface area (Å²) in [4.78, 5) is 35.2. The van der Waals surface area contributed by atoms with Gasteiger partial charge >= 0.3 is 0 Å². The summed E-state index contributed by atoms with van der Waals surface area (Å²) in [6.07, 6.45) is 0. The van der Waals surface area contributed by atoms with Crippen molar-refractivity contribution in [1.29, 1.82) is 0 Å². The number of amides is 1. The van der Waals surface area contributed by atoms with Crippen LogP contribution in [0.1, 0.15) is 26.3 Å². The Hall–Kier alpha value is -4.00. The minimum Gasteiger partial charge on any atom is -0.383 e. The van der Waals surface area contributed by atoms with Gasteiger partial charge in [-0.2, -0.15) is 0 Å². The van der Waals surface area contributed by atoms with Crippen LogP contribution in [0.3, 0.4) is 0 Å². The maximum atomic E-state index is 12.6. The van der Waals surface area contributed by atoms with Gasteiger partial charge in [-0.15, -0.1) is 0 Å². The summed E-state index contributed by atoms with van der Waals surface area (Å²) in [6.45, 7) is 0.819. The molecule has 0 bridgehead atoms. The van der Waals surface area contributed by atoms with Crippen LogP contribution in [-0.4, -0.2) is 29.7 Å². The summed E-state index contributed by atoms with van der Waals surface area (Å²) in [6, 6.07) is 18.6. The van der Waals surface area contributed by atoms with Crippen molar-refractivity contribution in [2.45, 2.75) is 0 Å². The van der Waals surface area contributed by atoms with Gasteiger partial charge in [-0.3, -0.25) is 19.7 Å². The van der Waals surface area contributed by atoms with Crippen LogP contribution < -0.4 is 10.6 Å². The van der Waals surface area contributed by atoms with E-state index < -0.39 is 4.92 Å². The first kappa shape index (κ1) is 18.4. The van der Waals surface area contributed by atoms with E-state index in [1.54, 1.807) is 30.3 Å². The number of nitrogens with zero attached hydrogens (tertiary/aromatic N) is 1. The minimum atomic E-state index is -0.454. The lowest BCUT2D eigenvalue weighted by Crippen LogP contribution is -2.28. The maximum Gasteiger partial charge on any atom is 0.269 e.